The van der Waals surface area contributed by atoms with E-state index in [0.717, 1.165) is 37.1 Å². The summed E-state index contributed by atoms with van der Waals surface area (Å²) in [6.45, 7) is 9.14. The first-order valence-corrected chi connectivity index (χ1v) is 5.90. The van der Waals surface area contributed by atoms with Gasteiger partial charge in [0.15, 0.2) is 0 Å². The van der Waals surface area contributed by atoms with Crippen molar-refractivity contribution in [2.75, 3.05) is 0 Å². The highest BCUT2D eigenvalue weighted by atomic mass is 16.3. The van der Waals surface area contributed by atoms with Gasteiger partial charge in [0.05, 0.1) is 5.69 Å². The molecule has 0 amide bonds. The summed E-state index contributed by atoms with van der Waals surface area (Å²) in [5.74, 6) is 0.755. The minimum Gasteiger partial charge on any atom is -0.493 e. The molecule has 0 unspecified atom stereocenters. The quantitative estimate of drug-likeness (QED) is 0.811. The van der Waals surface area contributed by atoms with Gasteiger partial charge in [0, 0.05) is 12.1 Å². The number of unbranched alkanes of at least 4 members (excludes halogenated alkanes) is 1. The molecule has 1 heterocycles. The van der Waals surface area contributed by atoms with Gasteiger partial charge in [0.2, 0.25) is 5.88 Å². The van der Waals surface area contributed by atoms with Gasteiger partial charge >= 0.3 is 0 Å². The SMILES string of the molecule is CCCCc1c(C(C)C)nn(CC)c1O. The van der Waals surface area contributed by atoms with Crippen LogP contribution in [0.25, 0.3) is 0 Å². The van der Waals surface area contributed by atoms with Crippen molar-refractivity contribution in [3.05, 3.63) is 11.3 Å². The van der Waals surface area contributed by atoms with Crippen LogP contribution in [-0.4, -0.2) is 14.9 Å². The van der Waals surface area contributed by atoms with Gasteiger partial charge < -0.3 is 5.11 Å². The number of aryl methyl sites for hydroxylation is 1. The number of rotatable bonds is 5. The molecule has 15 heavy (non-hydrogen) atoms. The number of aromatic hydroxyl groups is 1. The molecule has 0 saturated heterocycles. The Hall–Kier alpha value is -0.990. The molecule has 0 saturated carbocycles. The van der Waals surface area contributed by atoms with Gasteiger partial charge in [-0.2, -0.15) is 5.10 Å². The second kappa shape index (κ2) is 5.19. The number of hydrogen-bond acceptors (Lipinski definition) is 2. The van der Waals surface area contributed by atoms with E-state index >= 15 is 0 Å². The van der Waals surface area contributed by atoms with Crippen LogP contribution in [0.4, 0.5) is 0 Å². The van der Waals surface area contributed by atoms with Gasteiger partial charge in [-0.3, -0.25) is 0 Å². The van der Waals surface area contributed by atoms with E-state index in [1.54, 1.807) is 4.68 Å². The summed E-state index contributed by atoms with van der Waals surface area (Å²) in [5, 5.41) is 14.4. The van der Waals surface area contributed by atoms with Gasteiger partial charge in [-0.05, 0) is 25.7 Å². The molecule has 0 aliphatic rings. The van der Waals surface area contributed by atoms with E-state index in [-0.39, 0.29) is 0 Å². The molecular weight excluding hydrogens is 188 g/mol. The smallest absolute Gasteiger partial charge is 0.212 e. The Bertz CT molecular complexity index is 316. The lowest BCUT2D eigenvalue weighted by atomic mass is 10.0. The van der Waals surface area contributed by atoms with Crippen molar-refractivity contribution in [1.82, 2.24) is 9.78 Å². The molecule has 1 N–H and O–H groups in total. The minimum atomic E-state index is 0.370. The number of hydrogen-bond donors (Lipinski definition) is 1. The second-order valence-corrected chi connectivity index (χ2v) is 4.26. The molecule has 1 aromatic heterocycles. The van der Waals surface area contributed by atoms with Crippen molar-refractivity contribution in [1.29, 1.82) is 0 Å². The highest BCUT2D eigenvalue weighted by Gasteiger charge is 2.17. The number of nitrogens with zero attached hydrogens (tertiary/aromatic N) is 2. The summed E-state index contributed by atoms with van der Waals surface area (Å²) >= 11 is 0. The highest BCUT2D eigenvalue weighted by molar-refractivity contribution is 5.32. The van der Waals surface area contributed by atoms with Gasteiger partial charge in [-0.15, -0.1) is 0 Å². The Morgan fingerprint density at radius 2 is 2.00 bits per heavy atom. The van der Waals surface area contributed by atoms with E-state index in [2.05, 4.69) is 25.9 Å². The zero-order valence-electron chi connectivity index (χ0n) is 10.2. The van der Waals surface area contributed by atoms with Gasteiger partial charge in [0.25, 0.3) is 0 Å². The molecule has 0 aliphatic heterocycles. The Labute approximate surface area is 92.1 Å². The van der Waals surface area contributed by atoms with Gasteiger partial charge in [0.1, 0.15) is 0 Å². The van der Waals surface area contributed by atoms with E-state index in [1.165, 1.54) is 0 Å². The summed E-state index contributed by atoms with van der Waals surface area (Å²) in [5.41, 5.74) is 2.11. The monoisotopic (exact) mass is 210 g/mol. The lowest BCUT2D eigenvalue weighted by molar-refractivity contribution is 0.399. The second-order valence-electron chi connectivity index (χ2n) is 4.26. The zero-order valence-corrected chi connectivity index (χ0v) is 10.2. The fraction of sp³-hybridized carbons (Fsp3) is 0.750. The number of aromatic nitrogens is 2. The van der Waals surface area contributed by atoms with Crippen LogP contribution in [0.2, 0.25) is 0 Å². The summed E-state index contributed by atoms with van der Waals surface area (Å²) in [6.07, 6.45) is 3.20. The van der Waals surface area contributed by atoms with Crippen LogP contribution in [0.5, 0.6) is 5.88 Å². The fourth-order valence-corrected chi connectivity index (χ4v) is 1.79. The van der Waals surface area contributed by atoms with Crippen LogP contribution in [0.1, 0.15) is 57.7 Å². The van der Waals surface area contributed by atoms with Crippen molar-refractivity contribution in [2.24, 2.45) is 0 Å². The topological polar surface area (TPSA) is 38.0 Å². The van der Waals surface area contributed by atoms with Crippen LogP contribution in [0, 0.1) is 0 Å². The van der Waals surface area contributed by atoms with Crippen molar-refractivity contribution in [3.63, 3.8) is 0 Å². The molecule has 1 aromatic rings. The molecule has 3 heteroatoms. The molecular formula is C12H22N2O. The standard InChI is InChI=1S/C12H22N2O/c1-5-7-8-10-11(9(3)4)13-14(6-2)12(10)15/h9,15H,5-8H2,1-4H3. The zero-order chi connectivity index (χ0) is 11.4. The molecule has 0 radical (unpaired) electrons. The van der Waals surface area contributed by atoms with E-state index in [4.69, 9.17) is 0 Å². The van der Waals surface area contributed by atoms with Crippen molar-refractivity contribution >= 4 is 0 Å². The largest absolute Gasteiger partial charge is 0.493 e. The first-order chi connectivity index (χ1) is 7.11. The van der Waals surface area contributed by atoms with E-state index in [1.807, 2.05) is 6.92 Å². The minimum absolute atomic E-state index is 0.370. The first kappa shape index (κ1) is 12.1. The summed E-state index contributed by atoms with van der Waals surface area (Å²) in [7, 11) is 0. The first-order valence-electron chi connectivity index (χ1n) is 5.90. The molecule has 0 aliphatic carbocycles. The maximum absolute atomic E-state index is 9.99. The third kappa shape index (κ3) is 2.52. The van der Waals surface area contributed by atoms with Crippen LogP contribution >= 0.6 is 0 Å². The normalized spacial score (nSPS) is 11.3. The Balaban J connectivity index is 3.02. The summed E-state index contributed by atoms with van der Waals surface area (Å²) in [6, 6.07) is 0. The third-order valence-electron chi connectivity index (χ3n) is 2.68. The van der Waals surface area contributed by atoms with Crippen LogP contribution < -0.4 is 0 Å². The Morgan fingerprint density at radius 3 is 2.47 bits per heavy atom. The van der Waals surface area contributed by atoms with Gasteiger partial charge in [-0.25, -0.2) is 4.68 Å². The van der Waals surface area contributed by atoms with E-state index in [0.29, 0.717) is 11.8 Å². The lowest BCUT2D eigenvalue weighted by Gasteiger charge is -2.04. The van der Waals surface area contributed by atoms with Crippen molar-refractivity contribution < 1.29 is 5.11 Å². The van der Waals surface area contributed by atoms with Crippen molar-refractivity contribution in [3.8, 4) is 5.88 Å². The maximum Gasteiger partial charge on any atom is 0.212 e. The molecule has 0 spiro atoms. The molecule has 0 bridgehead atoms. The highest BCUT2D eigenvalue weighted by Crippen LogP contribution is 2.28. The van der Waals surface area contributed by atoms with Crippen LogP contribution in [0.3, 0.4) is 0 Å². The van der Waals surface area contributed by atoms with Crippen LogP contribution in [-0.2, 0) is 13.0 Å². The Morgan fingerprint density at radius 1 is 1.33 bits per heavy atom. The lowest BCUT2D eigenvalue weighted by Crippen LogP contribution is -1.97. The molecule has 3 nitrogen and oxygen atoms in total. The summed E-state index contributed by atoms with van der Waals surface area (Å²) in [4.78, 5) is 0. The predicted octanol–water partition coefficient (Wildman–Crippen LogP) is 3.07. The third-order valence-corrected chi connectivity index (χ3v) is 2.68. The average Bonchev–Trinajstić information content (AvgIpc) is 2.52. The summed E-state index contributed by atoms with van der Waals surface area (Å²) < 4.78 is 1.69. The molecule has 0 atom stereocenters. The maximum atomic E-state index is 9.99. The van der Waals surface area contributed by atoms with E-state index < -0.39 is 0 Å². The Kier molecular flexibility index (Phi) is 4.18. The molecule has 86 valence electrons. The van der Waals surface area contributed by atoms with Crippen molar-refractivity contribution in [2.45, 2.75) is 59.4 Å². The molecule has 1 rings (SSSR count). The predicted molar refractivity (Wildman–Crippen MR) is 62.3 cm³/mol. The van der Waals surface area contributed by atoms with Gasteiger partial charge in [-0.1, -0.05) is 27.2 Å². The molecule has 0 fully saturated rings. The molecule has 0 aromatic carbocycles. The average molecular weight is 210 g/mol. The fourth-order valence-electron chi connectivity index (χ4n) is 1.79. The van der Waals surface area contributed by atoms with Crippen LogP contribution in [0.15, 0.2) is 0 Å². The van der Waals surface area contributed by atoms with E-state index in [9.17, 15) is 5.11 Å².